The van der Waals surface area contributed by atoms with Gasteiger partial charge in [0.1, 0.15) is 18.2 Å². The maximum Gasteiger partial charge on any atom is 0.341 e. The Morgan fingerprint density at radius 2 is 2.17 bits per heavy atom. The minimum absolute atomic E-state index is 0.0462. The zero-order valence-electron chi connectivity index (χ0n) is 14.6. The average Bonchev–Trinajstić information content (AvgIpc) is 3.35. The van der Waals surface area contributed by atoms with Crippen molar-refractivity contribution in [1.29, 1.82) is 0 Å². The second-order valence-corrected chi connectivity index (χ2v) is 7.33. The third-order valence-corrected chi connectivity index (χ3v) is 5.51. The number of carboxylic acid groups (broad SMARTS) is 1. The molecule has 1 N–H and O–H groups in total. The number of hydrogen-bond donors (Lipinski definition) is 1. The van der Waals surface area contributed by atoms with Crippen molar-refractivity contribution in [3.8, 4) is 5.13 Å². The quantitative estimate of drug-likeness (QED) is 0.532. The highest BCUT2D eigenvalue weighted by atomic mass is 32.1. The van der Waals surface area contributed by atoms with Crippen LogP contribution in [0.1, 0.15) is 16.4 Å². The Morgan fingerprint density at radius 3 is 2.83 bits per heavy atom. The molecule has 146 valence electrons. The van der Waals surface area contributed by atoms with Crippen molar-refractivity contribution in [2.24, 2.45) is 0 Å². The molecule has 0 saturated carbocycles. The molecule has 5 rings (SSSR count). The van der Waals surface area contributed by atoms with E-state index in [1.807, 2.05) is 0 Å². The Hall–Kier alpha value is -3.67. The van der Waals surface area contributed by atoms with Crippen LogP contribution in [0, 0.1) is 5.82 Å². The van der Waals surface area contributed by atoms with Gasteiger partial charge in [-0.2, -0.15) is 5.10 Å². The minimum atomic E-state index is -1.40. The summed E-state index contributed by atoms with van der Waals surface area (Å²) in [6.07, 6.45) is 5.76. The summed E-state index contributed by atoms with van der Waals surface area (Å²) in [7, 11) is 0. The van der Waals surface area contributed by atoms with Gasteiger partial charge in [-0.1, -0.05) is 0 Å². The van der Waals surface area contributed by atoms with Crippen molar-refractivity contribution in [3.05, 3.63) is 58.1 Å². The van der Waals surface area contributed by atoms with E-state index in [0.29, 0.717) is 18.2 Å². The Bertz CT molecular complexity index is 1280. The van der Waals surface area contributed by atoms with Gasteiger partial charge in [-0.05, 0) is 6.07 Å². The Kier molecular flexibility index (Phi) is 3.87. The summed E-state index contributed by atoms with van der Waals surface area (Å²) >= 11 is 1.24. The summed E-state index contributed by atoms with van der Waals surface area (Å²) in [6.45, 7) is 0.959. The molecule has 12 heteroatoms. The SMILES string of the molecule is O=C(O)c1cn(-c2nccs2)c2nc(N3CC(n4cncn4)C3)c(F)cc2c1=O. The number of nitrogens with zero attached hydrogens (tertiary/aromatic N) is 7. The molecule has 0 atom stereocenters. The zero-order valence-corrected chi connectivity index (χ0v) is 15.5. The van der Waals surface area contributed by atoms with E-state index >= 15 is 0 Å². The van der Waals surface area contributed by atoms with Crippen LogP contribution >= 0.6 is 11.3 Å². The molecule has 1 fully saturated rings. The first-order valence-corrected chi connectivity index (χ1v) is 9.39. The van der Waals surface area contributed by atoms with Crippen molar-refractivity contribution in [2.75, 3.05) is 18.0 Å². The number of halogens is 1. The molecule has 29 heavy (non-hydrogen) atoms. The fourth-order valence-electron chi connectivity index (χ4n) is 3.27. The van der Waals surface area contributed by atoms with Crippen LogP contribution in [0.3, 0.4) is 0 Å². The van der Waals surface area contributed by atoms with Crippen molar-refractivity contribution in [2.45, 2.75) is 6.04 Å². The predicted molar refractivity (Wildman–Crippen MR) is 101 cm³/mol. The summed E-state index contributed by atoms with van der Waals surface area (Å²) in [4.78, 5) is 38.2. The molecule has 5 heterocycles. The highest BCUT2D eigenvalue weighted by Crippen LogP contribution is 2.30. The molecule has 0 radical (unpaired) electrons. The highest BCUT2D eigenvalue weighted by molar-refractivity contribution is 7.12. The molecule has 0 spiro atoms. The van der Waals surface area contributed by atoms with Crippen molar-refractivity contribution < 1.29 is 14.3 Å². The molecule has 1 aliphatic rings. The van der Waals surface area contributed by atoms with Gasteiger partial charge in [0.25, 0.3) is 0 Å². The maximum absolute atomic E-state index is 14.8. The zero-order chi connectivity index (χ0) is 20.1. The van der Waals surface area contributed by atoms with Crippen molar-refractivity contribution >= 4 is 34.2 Å². The maximum atomic E-state index is 14.8. The van der Waals surface area contributed by atoms with Crippen LogP contribution in [0.2, 0.25) is 0 Å². The number of aromatic nitrogens is 6. The van der Waals surface area contributed by atoms with Crippen LogP contribution in [-0.4, -0.2) is 53.5 Å². The van der Waals surface area contributed by atoms with Gasteiger partial charge >= 0.3 is 5.97 Å². The van der Waals surface area contributed by atoms with E-state index in [0.717, 1.165) is 6.07 Å². The predicted octanol–water partition coefficient (Wildman–Crippen LogP) is 1.33. The van der Waals surface area contributed by atoms with Crippen LogP contribution in [0.5, 0.6) is 0 Å². The largest absolute Gasteiger partial charge is 0.477 e. The molecular weight excluding hydrogens is 401 g/mol. The lowest BCUT2D eigenvalue weighted by molar-refractivity contribution is 0.0695. The van der Waals surface area contributed by atoms with Gasteiger partial charge in [-0.25, -0.2) is 28.8 Å². The number of hydrogen-bond acceptors (Lipinski definition) is 8. The van der Waals surface area contributed by atoms with Crippen LogP contribution in [-0.2, 0) is 0 Å². The average molecular weight is 413 g/mol. The standard InChI is InChI=1S/C17H12FN7O3S/c18-12-3-10-13(26)11(16(27)28)6-24(17-20-1-2-29-17)14(10)22-15(12)23-4-9(5-23)25-8-19-7-21-25/h1-3,6-9H,4-5H2,(H,27,28). The molecule has 0 aromatic carbocycles. The number of pyridine rings is 2. The molecule has 1 saturated heterocycles. The van der Waals surface area contributed by atoms with Crippen LogP contribution < -0.4 is 10.3 Å². The topological polar surface area (TPSA) is 119 Å². The fraction of sp³-hybridized carbons (Fsp3) is 0.176. The minimum Gasteiger partial charge on any atom is -0.477 e. The van der Waals surface area contributed by atoms with Crippen LogP contribution in [0.15, 0.2) is 41.3 Å². The number of carboxylic acids is 1. The van der Waals surface area contributed by atoms with E-state index in [2.05, 4.69) is 20.1 Å². The molecular formula is C17H12FN7O3S. The monoisotopic (exact) mass is 413 g/mol. The van der Waals surface area contributed by atoms with Gasteiger partial charge in [0, 0.05) is 30.9 Å². The molecule has 4 aromatic rings. The van der Waals surface area contributed by atoms with Crippen LogP contribution in [0.4, 0.5) is 10.2 Å². The molecule has 4 aromatic heterocycles. The first kappa shape index (κ1) is 17.4. The number of carbonyl (C=O) groups is 1. The number of fused-ring (bicyclic) bond motifs is 1. The smallest absolute Gasteiger partial charge is 0.341 e. The lowest BCUT2D eigenvalue weighted by Gasteiger charge is -2.39. The number of aromatic carboxylic acids is 1. The summed E-state index contributed by atoms with van der Waals surface area (Å²) in [5.41, 5.74) is -1.12. The summed E-state index contributed by atoms with van der Waals surface area (Å²) in [6, 6.07) is 1.09. The second kappa shape index (κ2) is 6.44. The van der Waals surface area contributed by atoms with E-state index in [1.165, 1.54) is 28.4 Å². The fourth-order valence-corrected chi connectivity index (χ4v) is 3.89. The third-order valence-electron chi connectivity index (χ3n) is 4.74. The molecule has 0 aliphatic carbocycles. The summed E-state index contributed by atoms with van der Waals surface area (Å²) < 4.78 is 17.9. The Labute approximate surface area is 165 Å². The summed E-state index contributed by atoms with van der Waals surface area (Å²) in [5.74, 6) is -2.01. The van der Waals surface area contributed by atoms with Crippen molar-refractivity contribution in [1.82, 2.24) is 29.3 Å². The van der Waals surface area contributed by atoms with Gasteiger partial charge in [0.2, 0.25) is 5.43 Å². The molecule has 1 aliphatic heterocycles. The lowest BCUT2D eigenvalue weighted by atomic mass is 10.1. The number of anilines is 1. The van der Waals surface area contributed by atoms with Gasteiger partial charge in [-0.3, -0.25) is 9.36 Å². The molecule has 0 unspecified atom stereocenters. The third kappa shape index (κ3) is 2.76. The first-order chi connectivity index (χ1) is 14.0. The normalized spacial score (nSPS) is 14.3. The van der Waals surface area contributed by atoms with E-state index in [1.54, 1.807) is 27.5 Å². The highest BCUT2D eigenvalue weighted by Gasteiger charge is 2.32. The van der Waals surface area contributed by atoms with E-state index in [-0.39, 0.29) is 22.9 Å². The van der Waals surface area contributed by atoms with E-state index in [9.17, 15) is 19.1 Å². The van der Waals surface area contributed by atoms with E-state index < -0.39 is 22.8 Å². The Balaban J connectivity index is 1.64. The Morgan fingerprint density at radius 1 is 1.34 bits per heavy atom. The first-order valence-electron chi connectivity index (χ1n) is 8.51. The van der Waals surface area contributed by atoms with Gasteiger partial charge < -0.3 is 10.0 Å². The molecule has 0 bridgehead atoms. The molecule has 10 nitrogen and oxygen atoms in total. The number of thiazole rings is 1. The van der Waals surface area contributed by atoms with Gasteiger partial charge in [0.15, 0.2) is 22.4 Å². The van der Waals surface area contributed by atoms with Gasteiger partial charge in [-0.15, -0.1) is 11.3 Å². The van der Waals surface area contributed by atoms with E-state index in [4.69, 9.17) is 0 Å². The lowest BCUT2D eigenvalue weighted by Crippen LogP contribution is -2.48. The molecule has 0 amide bonds. The number of rotatable bonds is 4. The summed E-state index contributed by atoms with van der Waals surface area (Å²) in [5, 5.41) is 15.5. The van der Waals surface area contributed by atoms with Gasteiger partial charge in [0.05, 0.1) is 11.4 Å². The second-order valence-electron chi connectivity index (χ2n) is 6.46. The van der Waals surface area contributed by atoms with Crippen LogP contribution in [0.25, 0.3) is 16.2 Å². The van der Waals surface area contributed by atoms with Crippen molar-refractivity contribution in [3.63, 3.8) is 0 Å².